The van der Waals surface area contributed by atoms with E-state index in [1.54, 1.807) is 0 Å². The highest BCUT2D eigenvalue weighted by atomic mass is 16.2. The fourth-order valence-corrected chi connectivity index (χ4v) is 4.35. The van der Waals surface area contributed by atoms with Crippen molar-refractivity contribution < 1.29 is 4.79 Å². The molecule has 1 amide bonds. The largest absolute Gasteiger partial charge is 0.354 e. The quantitative estimate of drug-likeness (QED) is 0.865. The van der Waals surface area contributed by atoms with Crippen LogP contribution in [-0.2, 0) is 24.1 Å². The van der Waals surface area contributed by atoms with Gasteiger partial charge in [0.1, 0.15) is 5.54 Å². The lowest BCUT2D eigenvalue weighted by atomic mass is 9.91. The van der Waals surface area contributed by atoms with Crippen LogP contribution >= 0.6 is 0 Å². The number of carbonyl (C=O) groups is 1. The fraction of sp³-hybridized carbons (Fsp3) is 0.409. The van der Waals surface area contributed by atoms with Crippen molar-refractivity contribution >= 4 is 5.91 Å². The number of nitrogens with one attached hydrogen (secondary N) is 2. The first-order valence-corrected chi connectivity index (χ1v) is 9.63. The smallest absolute Gasteiger partial charge is 0.241 e. The molecule has 2 aliphatic rings. The zero-order valence-electron chi connectivity index (χ0n) is 15.2. The van der Waals surface area contributed by atoms with Gasteiger partial charge in [-0.3, -0.25) is 9.69 Å². The van der Waals surface area contributed by atoms with E-state index in [0.717, 1.165) is 45.4 Å². The number of nitrogens with zero attached hydrogens (tertiary/aromatic N) is 1. The summed E-state index contributed by atoms with van der Waals surface area (Å²) in [7, 11) is 0. The van der Waals surface area contributed by atoms with Gasteiger partial charge < -0.3 is 10.6 Å². The Morgan fingerprint density at radius 1 is 0.962 bits per heavy atom. The van der Waals surface area contributed by atoms with Gasteiger partial charge in [-0.15, -0.1) is 0 Å². The van der Waals surface area contributed by atoms with E-state index in [2.05, 4.69) is 51.9 Å². The van der Waals surface area contributed by atoms with Gasteiger partial charge >= 0.3 is 0 Å². The summed E-state index contributed by atoms with van der Waals surface area (Å²) in [5, 5.41) is 6.65. The number of carbonyl (C=O) groups excluding carboxylic acids is 1. The number of benzene rings is 2. The SMILES string of the molecule is O=C(NCCc1ccccc1)C1(N2CCNCC2)Cc2ccccc2C1. The Bertz CT molecular complexity index is 728. The third kappa shape index (κ3) is 3.39. The Balaban J connectivity index is 1.49. The Morgan fingerprint density at radius 3 is 2.23 bits per heavy atom. The van der Waals surface area contributed by atoms with Gasteiger partial charge in [-0.2, -0.15) is 0 Å². The Kier molecular flexibility index (Phi) is 5.05. The molecule has 2 aromatic rings. The van der Waals surface area contributed by atoms with Crippen LogP contribution in [0.5, 0.6) is 0 Å². The molecule has 0 unspecified atom stereocenters. The molecule has 1 fully saturated rings. The highest BCUT2D eigenvalue weighted by Crippen LogP contribution is 2.35. The highest BCUT2D eigenvalue weighted by Gasteiger charge is 2.48. The number of piperazine rings is 1. The van der Waals surface area contributed by atoms with Crippen molar-refractivity contribution in [3.05, 3.63) is 71.3 Å². The molecule has 26 heavy (non-hydrogen) atoms. The summed E-state index contributed by atoms with van der Waals surface area (Å²) >= 11 is 0. The van der Waals surface area contributed by atoms with Crippen LogP contribution in [0.25, 0.3) is 0 Å². The second-order valence-electron chi connectivity index (χ2n) is 7.38. The molecular weight excluding hydrogens is 322 g/mol. The van der Waals surface area contributed by atoms with E-state index in [1.807, 2.05) is 18.2 Å². The van der Waals surface area contributed by atoms with Gasteiger partial charge in [0, 0.05) is 45.6 Å². The number of amides is 1. The summed E-state index contributed by atoms with van der Waals surface area (Å²) in [6.45, 7) is 4.46. The summed E-state index contributed by atoms with van der Waals surface area (Å²) in [5.41, 5.74) is 3.48. The van der Waals surface area contributed by atoms with E-state index in [9.17, 15) is 4.79 Å². The molecule has 0 radical (unpaired) electrons. The summed E-state index contributed by atoms with van der Waals surface area (Å²) < 4.78 is 0. The average Bonchev–Trinajstić information content (AvgIpc) is 3.10. The van der Waals surface area contributed by atoms with Crippen LogP contribution in [0.3, 0.4) is 0 Å². The molecule has 0 atom stereocenters. The standard InChI is InChI=1S/C22H27N3O/c26-21(24-11-10-18-6-2-1-3-7-18)22(25-14-12-23-13-15-25)16-19-8-4-5-9-20(19)17-22/h1-9,23H,10-17H2,(H,24,26). The van der Waals surface area contributed by atoms with Gasteiger partial charge in [-0.05, 0) is 23.1 Å². The lowest BCUT2D eigenvalue weighted by Gasteiger charge is -2.42. The van der Waals surface area contributed by atoms with Crippen molar-refractivity contribution in [2.24, 2.45) is 0 Å². The van der Waals surface area contributed by atoms with Gasteiger partial charge in [0.05, 0.1) is 0 Å². The predicted molar refractivity (Wildman–Crippen MR) is 104 cm³/mol. The molecular formula is C22H27N3O. The number of hydrogen-bond acceptors (Lipinski definition) is 3. The van der Waals surface area contributed by atoms with Gasteiger partial charge in [0.15, 0.2) is 0 Å². The number of rotatable bonds is 5. The first-order valence-electron chi connectivity index (χ1n) is 9.63. The third-order valence-electron chi connectivity index (χ3n) is 5.77. The second-order valence-corrected chi connectivity index (χ2v) is 7.38. The van der Waals surface area contributed by atoms with Gasteiger partial charge in [0.25, 0.3) is 0 Å². The first-order chi connectivity index (χ1) is 12.8. The average molecular weight is 349 g/mol. The van der Waals surface area contributed by atoms with Crippen LogP contribution in [0.2, 0.25) is 0 Å². The highest BCUT2D eigenvalue weighted by molar-refractivity contribution is 5.88. The first kappa shape index (κ1) is 17.3. The van der Waals surface area contributed by atoms with Crippen LogP contribution in [0.4, 0.5) is 0 Å². The zero-order valence-corrected chi connectivity index (χ0v) is 15.2. The Hall–Kier alpha value is -2.17. The van der Waals surface area contributed by atoms with Gasteiger partial charge in [0.2, 0.25) is 5.91 Å². The van der Waals surface area contributed by atoms with Gasteiger partial charge in [-0.1, -0.05) is 54.6 Å². The van der Waals surface area contributed by atoms with Crippen molar-refractivity contribution in [1.82, 2.24) is 15.5 Å². The molecule has 2 N–H and O–H groups in total. The zero-order chi connectivity index (χ0) is 17.8. The third-order valence-corrected chi connectivity index (χ3v) is 5.77. The van der Waals surface area contributed by atoms with Crippen molar-refractivity contribution in [3.8, 4) is 0 Å². The van der Waals surface area contributed by atoms with Crippen molar-refractivity contribution in [2.75, 3.05) is 32.7 Å². The molecule has 1 aliphatic carbocycles. The molecule has 2 aromatic carbocycles. The fourth-order valence-electron chi connectivity index (χ4n) is 4.35. The minimum atomic E-state index is -0.428. The van der Waals surface area contributed by atoms with E-state index in [4.69, 9.17) is 0 Å². The maximum Gasteiger partial charge on any atom is 0.241 e. The van der Waals surface area contributed by atoms with E-state index >= 15 is 0 Å². The number of hydrogen-bond donors (Lipinski definition) is 2. The Labute approximate surface area is 155 Å². The summed E-state index contributed by atoms with van der Waals surface area (Å²) in [6.07, 6.45) is 2.51. The van der Waals surface area contributed by atoms with E-state index in [-0.39, 0.29) is 5.91 Å². The molecule has 0 aromatic heterocycles. The molecule has 4 rings (SSSR count). The monoisotopic (exact) mass is 349 g/mol. The number of fused-ring (bicyclic) bond motifs is 1. The van der Waals surface area contributed by atoms with Crippen LogP contribution in [0, 0.1) is 0 Å². The van der Waals surface area contributed by atoms with Crippen LogP contribution in [-0.4, -0.2) is 49.1 Å². The molecule has 4 nitrogen and oxygen atoms in total. The van der Waals surface area contributed by atoms with Crippen LogP contribution in [0.1, 0.15) is 16.7 Å². The van der Waals surface area contributed by atoms with Gasteiger partial charge in [-0.25, -0.2) is 0 Å². The lowest BCUT2D eigenvalue weighted by molar-refractivity contribution is -0.133. The lowest BCUT2D eigenvalue weighted by Crippen LogP contribution is -2.64. The Morgan fingerprint density at radius 2 is 1.58 bits per heavy atom. The van der Waals surface area contributed by atoms with E-state index in [0.29, 0.717) is 6.54 Å². The molecule has 0 saturated carbocycles. The molecule has 1 saturated heterocycles. The summed E-state index contributed by atoms with van der Waals surface area (Å²) in [6, 6.07) is 18.9. The maximum absolute atomic E-state index is 13.4. The van der Waals surface area contributed by atoms with Crippen LogP contribution < -0.4 is 10.6 Å². The topological polar surface area (TPSA) is 44.4 Å². The predicted octanol–water partition coefficient (Wildman–Crippen LogP) is 1.79. The van der Waals surface area contributed by atoms with E-state index < -0.39 is 5.54 Å². The van der Waals surface area contributed by atoms with Crippen molar-refractivity contribution in [1.29, 1.82) is 0 Å². The molecule has 1 aliphatic heterocycles. The minimum Gasteiger partial charge on any atom is -0.354 e. The van der Waals surface area contributed by atoms with Crippen molar-refractivity contribution in [2.45, 2.75) is 24.8 Å². The second kappa shape index (κ2) is 7.60. The molecule has 0 bridgehead atoms. The summed E-state index contributed by atoms with van der Waals surface area (Å²) in [4.78, 5) is 15.8. The molecule has 136 valence electrons. The normalized spacial score (nSPS) is 19.1. The molecule has 0 spiro atoms. The van der Waals surface area contributed by atoms with E-state index in [1.165, 1.54) is 16.7 Å². The summed E-state index contributed by atoms with van der Waals surface area (Å²) in [5.74, 6) is 0.187. The van der Waals surface area contributed by atoms with Crippen molar-refractivity contribution in [3.63, 3.8) is 0 Å². The molecule has 4 heteroatoms. The maximum atomic E-state index is 13.4. The van der Waals surface area contributed by atoms with Crippen LogP contribution in [0.15, 0.2) is 54.6 Å². The molecule has 1 heterocycles. The minimum absolute atomic E-state index is 0.187.